The van der Waals surface area contributed by atoms with Crippen LogP contribution in [0.1, 0.15) is 16.8 Å². The second-order valence-corrected chi connectivity index (χ2v) is 4.74. The fraction of sp³-hybridized carbons (Fsp3) is 0.500. The van der Waals surface area contributed by atoms with E-state index in [2.05, 4.69) is 5.32 Å². The minimum absolute atomic E-state index is 0.0267. The molecule has 0 aliphatic carbocycles. The molecule has 0 radical (unpaired) electrons. The predicted octanol–water partition coefficient (Wildman–Crippen LogP) is -0.573. The van der Waals surface area contributed by atoms with Gasteiger partial charge in [0.15, 0.2) is 0 Å². The van der Waals surface area contributed by atoms with Crippen LogP contribution in [0.4, 0.5) is 0 Å². The van der Waals surface area contributed by atoms with Crippen molar-refractivity contribution >= 4 is 5.91 Å². The lowest BCUT2D eigenvalue weighted by atomic mass is 10.2. The van der Waals surface area contributed by atoms with Crippen molar-refractivity contribution in [2.24, 2.45) is 0 Å². The lowest BCUT2D eigenvalue weighted by molar-refractivity contribution is -0.908. The first-order valence-electron chi connectivity index (χ1n) is 6.75. The molecule has 5 nitrogen and oxygen atoms in total. The molecular weight excluding hydrogens is 244 g/mol. The Hall–Kier alpha value is -1.59. The molecule has 1 aromatic carbocycles. The number of phenols is 1. The van der Waals surface area contributed by atoms with Crippen LogP contribution in [0, 0.1) is 0 Å². The highest BCUT2D eigenvalue weighted by molar-refractivity contribution is 5.96. The Labute approximate surface area is 113 Å². The number of benzene rings is 1. The molecule has 0 saturated carbocycles. The number of ether oxygens (including phenoxy) is 1. The van der Waals surface area contributed by atoms with Gasteiger partial charge in [-0.1, -0.05) is 12.1 Å². The van der Waals surface area contributed by atoms with Crippen LogP contribution < -0.4 is 10.2 Å². The second-order valence-electron chi connectivity index (χ2n) is 4.74. The summed E-state index contributed by atoms with van der Waals surface area (Å²) < 4.78 is 5.30. The number of carbonyl (C=O) groups is 1. The summed E-state index contributed by atoms with van der Waals surface area (Å²) in [5.41, 5.74) is 0.334. The van der Waals surface area contributed by atoms with Crippen molar-refractivity contribution in [2.45, 2.75) is 6.42 Å². The molecule has 3 N–H and O–H groups in total. The number of phenolic OH excluding ortho intramolecular Hbond substituents is 1. The number of hydrogen-bond acceptors (Lipinski definition) is 3. The summed E-state index contributed by atoms with van der Waals surface area (Å²) in [7, 11) is 0. The van der Waals surface area contributed by atoms with Gasteiger partial charge in [0, 0.05) is 13.0 Å². The zero-order chi connectivity index (χ0) is 13.5. The molecule has 0 atom stereocenters. The second kappa shape index (κ2) is 7.11. The lowest BCUT2D eigenvalue weighted by Gasteiger charge is -2.23. The van der Waals surface area contributed by atoms with Gasteiger partial charge in [-0.15, -0.1) is 0 Å². The average molecular weight is 265 g/mol. The molecule has 2 rings (SSSR count). The molecule has 104 valence electrons. The monoisotopic (exact) mass is 265 g/mol. The van der Waals surface area contributed by atoms with Gasteiger partial charge in [-0.2, -0.15) is 0 Å². The van der Waals surface area contributed by atoms with E-state index in [1.165, 1.54) is 11.0 Å². The highest BCUT2D eigenvalue weighted by Crippen LogP contribution is 2.14. The highest BCUT2D eigenvalue weighted by Gasteiger charge is 2.13. The average Bonchev–Trinajstić information content (AvgIpc) is 2.45. The Bertz CT molecular complexity index is 417. The Balaban J connectivity index is 1.68. The zero-order valence-electron chi connectivity index (χ0n) is 11.0. The summed E-state index contributed by atoms with van der Waals surface area (Å²) in [4.78, 5) is 13.3. The zero-order valence-corrected chi connectivity index (χ0v) is 11.0. The molecule has 0 spiro atoms. The number of morpholine rings is 1. The van der Waals surface area contributed by atoms with Gasteiger partial charge >= 0.3 is 0 Å². The van der Waals surface area contributed by atoms with Crippen LogP contribution in [0.3, 0.4) is 0 Å². The van der Waals surface area contributed by atoms with Crippen molar-refractivity contribution in [3.63, 3.8) is 0 Å². The van der Waals surface area contributed by atoms with Gasteiger partial charge in [-0.05, 0) is 12.1 Å². The van der Waals surface area contributed by atoms with Gasteiger partial charge in [0.2, 0.25) is 0 Å². The van der Waals surface area contributed by atoms with E-state index < -0.39 is 0 Å². The molecule has 0 aromatic heterocycles. The minimum Gasteiger partial charge on any atom is -0.507 e. The van der Waals surface area contributed by atoms with E-state index in [1.807, 2.05) is 0 Å². The molecule has 1 saturated heterocycles. The van der Waals surface area contributed by atoms with Crippen LogP contribution in [0.2, 0.25) is 0 Å². The van der Waals surface area contributed by atoms with E-state index in [9.17, 15) is 9.90 Å². The van der Waals surface area contributed by atoms with E-state index in [4.69, 9.17) is 4.74 Å². The van der Waals surface area contributed by atoms with E-state index in [0.717, 1.165) is 39.3 Å². The summed E-state index contributed by atoms with van der Waals surface area (Å²) in [6.07, 6.45) is 0.939. The van der Waals surface area contributed by atoms with Crippen molar-refractivity contribution in [1.29, 1.82) is 0 Å². The quantitative estimate of drug-likeness (QED) is 0.625. The molecular formula is C14H21N2O3+. The molecule has 1 aliphatic rings. The number of aromatic hydroxyl groups is 1. The summed E-state index contributed by atoms with van der Waals surface area (Å²) in [6.45, 7) is 5.45. The summed E-state index contributed by atoms with van der Waals surface area (Å²) in [5, 5.41) is 12.4. The number of nitrogens with one attached hydrogen (secondary N) is 2. The third-order valence-corrected chi connectivity index (χ3v) is 3.34. The van der Waals surface area contributed by atoms with Gasteiger partial charge in [0.25, 0.3) is 5.91 Å². The fourth-order valence-corrected chi connectivity index (χ4v) is 2.21. The number of carbonyl (C=O) groups excluding carboxylic acids is 1. The number of rotatable bonds is 5. The number of para-hydroxylation sites is 1. The Morgan fingerprint density at radius 3 is 2.79 bits per heavy atom. The maximum atomic E-state index is 11.8. The van der Waals surface area contributed by atoms with Gasteiger partial charge in [-0.3, -0.25) is 4.79 Å². The summed E-state index contributed by atoms with van der Waals surface area (Å²) in [5.74, 6) is -0.186. The third-order valence-electron chi connectivity index (χ3n) is 3.34. The molecule has 1 heterocycles. The van der Waals surface area contributed by atoms with Crippen LogP contribution >= 0.6 is 0 Å². The van der Waals surface area contributed by atoms with Crippen molar-refractivity contribution in [3.8, 4) is 5.75 Å². The number of hydrogen-bond donors (Lipinski definition) is 3. The molecule has 1 aliphatic heterocycles. The smallest absolute Gasteiger partial charge is 0.255 e. The van der Waals surface area contributed by atoms with Crippen molar-refractivity contribution in [1.82, 2.24) is 5.32 Å². The van der Waals surface area contributed by atoms with Gasteiger partial charge in [0.05, 0.1) is 25.3 Å². The van der Waals surface area contributed by atoms with Crippen LogP contribution in [0.5, 0.6) is 5.75 Å². The fourth-order valence-electron chi connectivity index (χ4n) is 2.21. The maximum absolute atomic E-state index is 11.8. The Kier molecular flexibility index (Phi) is 5.18. The summed E-state index contributed by atoms with van der Waals surface area (Å²) in [6, 6.07) is 6.59. The topological polar surface area (TPSA) is 63.0 Å². The molecule has 1 aromatic rings. The first-order valence-corrected chi connectivity index (χ1v) is 6.75. The minimum atomic E-state index is -0.213. The molecule has 1 fully saturated rings. The molecule has 0 unspecified atom stereocenters. The van der Waals surface area contributed by atoms with Crippen molar-refractivity contribution in [2.75, 3.05) is 39.4 Å². The first kappa shape index (κ1) is 13.8. The Morgan fingerprint density at radius 2 is 2.05 bits per heavy atom. The standard InChI is InChI=1S/C14H20N2O3/c17-13-5-2-1-4-12(13)14(18)15-6-3-7-16-8-10-19-11-9-16/h1-2,4-5,17H,3,6-11H2,(H,15,18)/p+1. The molecule has 5 heteroatoms. The predicted molar refractivity (Wildman–Crippen MR) is 71.4 cm³/mol. The Morgan fingerprint density at radius 1 is 1.32 bits per heavy atom. The lowest BCUT2D eigenvalue weighted by Crippen LogP contribution is -3.14. The molecule has 19 heavy (non-hydrogen) atoms. The van der Waals surface area contributed by atoms with Gasteiger partial charge < -0.3 is 20.1 Å². The van der Waals surface area contributed by atoms with E-state index in [0.29, 0.717) is 12.1 Å². The van der Waals surface area contributed by atoms with E-state index in [-0.39, 0.29) is 11.7 Å². The van der Waals surface area contributed by atoms with E-state index >= 15 is 0 Å². The number of amides is 1. The molecule has 0 bridgehead atoms. The summed E-state index contributed by atoms with van der Waals surface area (Å²) >= 11 is 0. The van der Waals surface area contributed by atoms with Crippen LogP contribution in [-0.4, -0.2) is 50.4 Å². The first-order chi connectivity index (χ1) is 9.27. The van der Waals surface area contributed by atoms with E-state index in [1.54, 1.807) is 18.2 Å². The van der Waals surface area contributed by atoms with Crippen LogP contribution in [0.15, 0.2) is 24.3 Å². The number of quaternary nitrogens is 1. The maximum Gasteiger partial charge on any atom is 0.255 e. The van der Waals surface area contributed by atoms with Crippen LogP contribution in [0.25, 0.3) is 0 Å². The highest BCUT2D eigenvalue weighted by atomic mass is 16.5. The van der Waals surface area contributed by atoms with Crippen LogP contribution in [-0.2, 0) is 4.74 Å². The van der Waals surface area contributed by atoms with Gasteiger partial charge in [-0.25, -0.2) is 0 Å². The third kappa shape index (κ3) is 4.22. The van der Waals surface area contributed by atoms with Crippen molar-refractivity contribution < 1.29 is 19.5 Å². The van der Waals surface area contributed by atoms with Crippen molar-refractivity contribution in [3.05, 3.63) is 29.8 Å². The largest absolute Gasteiger partial charge is 0.507 e. The van der Waals surface area contributed by atoms with Gasteiger partial charge in [0.1, 0.15) is 18.8 Å². The SMILES string of the molecule is O=C(NCCC[NH+]1CCOCC1)c1ccccc1O. The molecule has 1 amide bonds. The normalized spacial score (nSPS) is 16.2.